The van der Waals surface area contributed by atoms with Gasteiger partial charge in [-0.05, 0) is 29.3 Å². The Kier molecular flexibility index (Phi) is 5.49. The predicted octanol–water partition coefficient (Wildman–Crippen LogP) is 2.91. The molecule has 132 valence electrons. The van der Waals surface area contributed by atoms with Crippen molar-refractivity contribution >= 4 is 46.3 Å². The van der Waals surface area contributed by atoms with E-state index < -0.39 is 12.0 Å². The van der Waals surface area contributed by atoms with E-state index in [0.29, 0.717) is 16.0 Å². The summed E-state index contributed by atoms with van der Waals surface area (Å²) in [6.07, 6.45) is 1.25. The minimum atomic E-state index is -1.27. The zero-order valence-electron chi connectivity index (χ0n) is 13.4. The van der Waals surface area contributed by atoms with Crippen molar-refractivity contribution in [3.05, 3.63) is 76.4 Å². The van der Waals surface area contributed by atoms with Crippen molar-refractivity contribution in [1.29, 1.82) is 0 Å². The lowest BCUT2D eigenvalue weighted by atomic mass is 10.0. The maximum absolute atomic E-state index is 13.0. The lowest BCUT2D eigenvalue weighted by molar-refractivity contribution is -0.306. The Morgan fingerprint density at radius 3 is 2.46 bits per heavy atom. The molecule has 4 nitrogen and oxygen atoms in total. The summed E-state index contributed by atoms with van der Waals surface area (Å²) in [7, 11) is 0. The summed E-state index contributed by atoms with van der Waals surface area (Å²) in [4.78, 5) is 25.7. The number of carbonyl (C=O) groups is 2. The number of nitrogens with zero attached hydrogens (tertiary/aromatic N) is 1. The van der Waals surface area contributed by atoms with Gasteiger partial charge in [0, 0.05) is 12.4 Å². The van der Waals surface area contributed by atoms with E-state index in [0.717, 1.165) is 11.8 Å². The number of carbonyl (C=O) groups excluding carboxylic acids is 2. The molecule has 26 heavy (non-hydrogen) atoms. The number of hydrogen-bond acceptors (Lipinski definition) is 5. The van der Waals surface area contributed by atoms with Gasteiger partial charge in [0.25, 0.3) is 5.91 Å². The molecule has 1 amide bonds. The number of carboxylic acids is 1. The molecule has 1 aliphatic rings. The van der Waals surface area contributed by atoms with E-state index in [1.807, 2.05) is 0 Å². The topological polar surface area (TPSA) is 60.4 Å². The van der Waals surface area contributed by atoms with Crippen LogP contribution in [0, 0.1) is 5.82 Å². The Balaban J connectivity index is 1.93. The summed E-state index contributed by atoms with van der Waals surface area (Å²) in [5.74, 6) is -2.01. The first-order valence-electron chi connectivity index (χ1n) is 7.73. The number of amides is 1. The van der Waals surface area contributed by atoms with Crippen LogP contribution >= 0.6 is 24.0 Å². The van der Waals surface area contributed by atoms with Crippen molar-refractivity contribution < 1.29 is 19.1 Å². The van der Waals surface area contributed by atoms with E-state index in [-0.39, 0.29) is 22.5 Å². The Bertz CT molecular complexity index is 881. The third-order valence-corrected chi connectivity index (χ3v) is 5.18. The van der Waals surface area contributed by atoms with Gasteiger partial charge >= 0.3 is 0 Å². The number of carboxylic acid groups (broad SMARTS) is 1. The van der Waals surface area contributed by atoms with Crippen LogP contribution in [0.15, 0.2) is 59.5 Å². The summed E-state index contributed by atoms with van der Waals surface area (Å²) in [6, 6.07) is 13.8. The highest BCUT2D eigenvalue weighted by Crippen LogP contribution is 2.39. The number of aliphatic carboxylic acids is 1. The number of hydrogen-bond donors (Lipinski definition) is 0. The van der Waals surface area contributed by atoms with Crippen LogP contribution in [-0.2, 0) is 9.59 Å². The van der Waals surface area contributed by atoms with E-state index in [1.165, 1.54) is 17.0 Å². The molecule has 7 heteroatoms. The van der Waals surface area contributed by atoms with Gasteiger partial charge in [0.2, 0.25) is 0 Å². The molecule has 3 rings (SSSR count). The summed E-state index contributed by atoms with van der Waals surface area (Å²) in [6.45, 7) is 0. The van der Waals surface area contributed by atoms with E-state index in [9.17, 15) is 19.1 Å². The smallest absolute Gasteiger partial charge is 0.266 e. The molecule has 1 saturated heterocycles. The lowest BCUT2D eigenvalue weighted by Crippen LogP contribution is -2.37. The van der Waals surface area contributed by atoms with E-state index in [1.54, 1.807) is 48.5 Å². The van der Waals surface area contributed by atoms with Crippen molar-refractivity contribution in [3.8, 4) is 0 Å². The van der Waals surface area contributed by atoms with Gasteiger partial charge in [0.15, 0.2) is 0 Å². The Morgan fingerprint density at radius 1 is 1.19 bits per heavy atom. The van der Waals surface area contributed by atoms with Crippen molar-refractivity contribution in [3.63, 3.8) is 0 Å². The molecule has 2 aromatic carbocycles. The fourth-order valence-electron chi connectivity index (χ4n) is 2.65. The maximum Gasteiger partial charge on any atom is 0.266 e. The monoisotopic (exact) mass is 386 g/mol. The Hall–Kier alpha value is -2.51. The second-order valence-electron chi connectivity index (χ2n) is 5.61. The van der Waals surface area contributed by atoms with Crippen molar-refractivity contribution in [2.24, 2.45) is 0 Å². The van der Waals surface area contributed by atoms with E-state index >= 15 is 0 Å². The number of thiocarbonyl (C=S) groups is 1. The molecule has 2 aromatic rings. The van der Waals surface area contributed by atoms with Gasteiger partial charge in [0.1, 0.15) is 10.1 Å². The fourth-order valence-corrected chi connectivity index (χ4v) is 4.01. The largest absolute Gasteiger partial charge is 0.550 e. The molecule has 0 spiro atoms. The summed E-state index contributed by atoms with van der Waals surface area (Å²) in [5, 5.41) is 11.2. The van der Waals surface area contributed by atoms with Gasteiger partial charge in [-0.1, -0.05) is 66.4 Å². The number of benzene rings is 2. The first-order valence-corrected chi connectivity index (χ1v) is 8.95. The minimum absolute atomic E-state index is 0.276. The molecule has 0 aliphatic carbocycles. The molecule has 0 aromatic heterocycles. The minimum Gasteiger partial charge on any atom is -0.550 e. The lowest BCUT2D eigenvalue weighted by Gasteiger charge is -2.27. The third-order valence-electron chi connectivity index (χ3n) is 3.85. The highest BCUT2D eigenvalue weighted by Gasteiger charge is 2.37. The second-order valence-corrected chi connectivity index (χ2v) is 7.28. The quantitative estimate of drug-likeness (QED) is 0.584. The van der Waals surface area contributed by atoms with Crippen molar-refractivity contribution in [2.75, 3.05) is 0 Å². The van der Waals surface area contributed by atoms with Gasteiger partial charge < -0.3 is 9.90 Å². The van der Waals surface area contributed by atoms with E-state index in [4.69, 9.17) is 12.2 Å². The summed E-state index contributed by atoms with van der Waals surface area (Å²) in [5.41, 5.74) is 1.32. The summed E-state index contributed by atoms with van der Waals surface area (Å²) < 4.78 is 13.3. The number of halogens is 1. The molecule has 0 bridgehead atoms. The van der Waals surface area contributed by atoms with Crippen LogP contribution in [0.5, 0.6) is 0 Å². The SMILES string of the molecule is O=C([O-])C[C@@H](c1ccccc1)N1C(=O)/C(=C/c2ccc(F)cc2)SC1=S. The molecule has 1 heterocycles. The average molecular weight is 386 g/mol. The van der Waals surface area contributed by atoms with Crippen LogP contribution < -0.4 is 5.11 Å². The van der Waals surface area contributed by atoms with Crippen LogP contribution in [0.25, 0.3) is 6.08 Å². The molecular weight excluding hydrogens is 373 g/mol. The van der Waals surface area contributed by atoms with Crippen LogP contribution in [0.1, 0.15) is 23.6 Å². The zero-order chi connectivity index (χ0) is 18.7. The van der Waals surface area contributed by atoms with Crippen molar-refractivity contribution in [2.45, 2.75) is 12.5 Å². The maximum atomic E-state index is 13.0. The van der Waals surface area contributed by atoms with Crippen LogP contribution in [0.2, 0.25) is 0 Å². The van der Waals surface area contributed by atoms with E-state index in [2.05, 4.69) is 0 Å². The summed E-state index contributed by atoms with van der Waals surface area (Å²) >= 11 is 6.41. The van der Waals surface area contributed by atoms with Crippen LogP contribution in [-0.4, -0.2) is 21.1 Å². The predicted molar refractivity (Wildman–Crippen MR) is 100 cm³/mol. The molecule has 0 radical (unpaired) electrons. The standard InChI is InChI=1S/C19H14FNO3S2/c20-14-8-6-12(7-9-14)10-16-18(24)21(19(25)26-16)15(11-17(22)23)13-4-2-1-3-5-13/h1-10,15H,11H2,(H,22,23)/p-1/b16-10-/t15-/m0/s1. The highest BCUT2D eigenvalue weighted by atomic mass is 32.2. The van der Waals surface area contributed by atoms with Gasteiger partial charge in [-0.3, -0.25) is 9.69 Å². The third kappa shape index (κ3) is 4.00. The first kappa shape index (κ1) is 18.3. The Morgan fingerprint density at radius 2 is 1.85 bits per heavy atom. The zero-order valence-corrected chi connectivity index (χ0v) is 15.1. The van der Waals surface area contributed by atoms with Crippen molar-refractivity contribution in [1.82, 2.24) is 4.90 Å². The normalized spacial score (nSPS) is 17.0. The van der Waals surface area contributed by atoms with Gasteiger partial charge in [-0.2, -0.15) is 0 Å². The second kappa shape index (κ2) is 7.80. The van der Waals surface area contributed by atoms with Gasteiger partial charge in [-0.25, -0.2) is 4.39 Å². The molecule has 1 aliphatic heterocycles. The van der Waals surface area contributed by atoms with Crippen LogP contribution in [0.3, 0.4) is 0 Å². The van der Waals surface area contributed by atoms with Crippen LogP contribution in [0.4, 0.5) is 4.39 Å². The molecule has 1 fully saturated rings. The molecular formula is C19H13FNO3S2-. The van der Waals surface area contributed by atoms with Gasteiger partial charge in [0.05, 0.1) is 10.9 Å². The Labute approximate surface area is 159 Å². The first-order chi connectivity index (χ1) is 12.5. The van der Waals surface area contributed by atoms with Gasteiger partial charge in [-0.15, -0.1) is 0 Å². The highest BCUT2D eigenvalue weighted by molar-refractivity contribution is 8.26. The molecule has 0 N–H and O–H groups in total. The fraction of sp³-hybridized carbons (Fsp3) is 0.105. The number of rotatable bonds is 5. The molecule has 0 unspecified atom stereocenters. The molecule has 0 saturated carbocycles. The molecule has 1 atom stereocenters. The number of thioether (sulfide) groups is 1. The average Bonchev–Trinajstić information content (AvgIpc) is 2.89.